The third kappa shape index (κ3) is 3.85. The lowest BCUT2D eigenvalue weighted by atomic mass is 9.96. The van der Waals surface area contributed by atoms with Crippen molar-refractivity contribution in [2.75, 3.05) is 6.54 Å². The van der Waals surface area contributed by atoms with E-state index in [1.54, 1.807) is 19.1 Å². The van der Waals surface area contributed by atoms with Crippen LogP contribution < -0.4 is 10.6 Å². The maximum absolute atomic E-state index is 12.8. The molecular formula is C22H22ClN3O3. The van der Waals surface area contributed by atoms with E-state index in [1.165, 1.54) is 0 Å². The summed E-state index contributed by atoms with van der Waals surface area (Å²) in [6, 6.07) is 15.8. The number of imide groups is 1. The summed E-state index contributed by atoms with van der Waals surface area (Å²) in [6.45, 7) is 1.42. The quantitative estimate of drug-likeness (QED) is 0.716. The summed E-state index contributed by atoms with van der Waals surface area (Å²) in [5, 5.41) is 6.32. The fourth-order valence-corrected chi connectivity index (χ4v) is 3.93. The first-order valence-corrected chi connectivity index (χ1v) is 10.00. The van der Waals surface area contributed by atoms with Gasteiger partial charge in [0.25, 0.3) is 5.91 Å². The highest BCUT2D eigenvalue weighted by molar-refractivity contribution is 6.30. The molecule has 6 nitrogen and oxygen atoms in total. The van der Waals surface area contributed by atoms with E-state index in [0.29, 0.717) is 5.02 Å². The van der Waals surface area contributed by atoms with Crippen LogP contribution in [-0.4, -0.2) is 34.8 Å². The zero-order valence-corrected chi connectivity index (χ0v) is 16.8. The van der Waals surface area contributed by atoms with Gasteiger partial charge in [0.15, 0.2) is 0 Å². The molecule has 2 aromatic rings. The highest BCUT2D eigenvalue weighted by Gasteiger charge is 2.56. The predicted molar refractivity (Wildman–Crippen MR) is 109 cm³/mol. The van der Waals surface area contributed by atoms with Crippen LogP contribution in [0.15, 0.2) is 54.6 Å². The third-order valence-electron chi connectivity index (χ3n) is 5.64. The molecule has 0 unspecified atom stereocenters. The van der Waals surface area contributed by atoms with Gasteiger partial charge in [0.2, 0.25) is 5.91 Å². The number of amides is 4. The Hall–Kier alpha value is -2.86. The lowest BCUT2D eigenvalue weighted by Crippen LogP contribution is -2.47. The van der Waals surface area contributed by atoms with Gasteiger partial charge in [-0.25, -0.2) is 4.79 Å². The highest BCUT2D eigenvalue weighted by Crippen LogP contribution is 2.42. The maximum Gasteiger partial charge on any atom is 0.325 e. The first kappa shape index (κ1) is 19.5. The zero-order valence-electron chi connectivity index (χ0n) is 16.0. The summed E-state index contributed by atoms with van der Waals surface area (Å²) in [6.07, 6.45) is 1.82. The van der Waals surface area contributed by atoms with Gasteiger partial charge in [-0.2, -0.15) is 0 Å². The molecule has 0 spiro atoms. The summed E-state index contributed by atoms with van der Waals surface area (Å²) in [5.74, 6) is -0.585. The summed E-state index contributed by atoms with van der Waals surface area (Å²) in [5.41, 5.74) is 0.851. The van der Waals surface area contributed by atoms with Gasteiger partial charge >= 0.3 is 6.03 Å². The largest absolute Gasteiger partial charge is 0.344 e. The third-order valence-corrected chi connectivity index (χ3v) is 5.89. The van der Waals surface area contributed by atoms with Crippen LogP contribution in [-0.2, 0) is 9.59 Å². The van der Waals surface area contributed by atoms with Gasteiger partial charge in [-0.05, 0) is 48.9 Å². The Bertz CT molecular complexity index is 944. The molecule has 2 N–H and O–H groups in total. The summed E-state index contributed by atoms with van der Waals surface area (Å²) >= 11 is 5.99. The minimum Gasteiger partial charge on any atom is -0.344 e. The number of hydrogen-bond acceptors (Lipinski definition) is 3. The second-order valence-electron chi connectivity index (χ2n) is 7.76. The fourth-order valence-electron chi connectivity index (χ4n) is 3.81. The summed E-state index contributed by atoms with van der Waals surface area (Å²) in [7, 11) is 0. The topological polar surface area (TPSA) is 78.5 Å². The number of urea groups is 1. The molecule has 0 aromatic heterocycles. The molecule has 2 aromatic carbocycles. The Balaban J connectivity index is 1.52. The first-order valence-electron chi connectivity index (χ1n) is 9.62. The lowest BCUT2D eigenvalue weighted by molar-refractivity contribution is -0.135. The van der Waals surface area contributed by atoms with Crippen LogP contribution in [0.25, 0.3) is 0 Å². The van der Waals surface area contributed by atoms with Gasteiger partial charge < -0.3 is 10.6 Å². The first-order chi connectivity index (χ1) is 13.9. The highest BCUT2D eigenvalue weighted by atomic mass is 35.5. The van der Waals surface area contributed by atoms with Gasteiger partial charge in [-0.1, -0.05) is 54.1 Å². The fraction of sp³-hybridized carbons (Fsp3) is 0.318. The van der Waals surface area contributed by atoms with E-state index < -0.39 is 23.5 Å². The molecule has 4 amide bonds. The number of rotatable bonds is 6. The van der Waals surface area contributed by atoms with Crippen molar-refractivity contribution in [1.82, 2.24) is 15.5 Å². The van der Waals surface area contributed by atoms with Crippen molar-refractivity contribution in [2.24, 2.45) is 5.92 Å². The molecular weight excluding hydrogens is 390 g/mol. The van der Waals surface area contributed by atoms with Crippen LogP contribution in [0.5, 0.6) is 0 Å². The van der Waals surface area contributed by atoms with E-state index in [0.717, 1.165) is 28.9 Å². The Kier molecular flexibility index (Phi) is 5.04. The number of halogens is 1. The molecule has 29 heavy (non-hydrogen) atoms. The molecule has 0 radical (unpaired) electrons. The minimum absolute atomic E-state index is 0.151. The summed E-state index contributed by atoms with van der Waals surface area (Å²) < 4.78 is 0. The monoisotopic (exact) mass is 411 g/mol. The Labute approximate surface area is 174 Å². The van der Waals surface area contributed by atoms with E-state index in [1.807, 2.05) is 42.5 Å². The molecule has 4 rings (SSSR count). The number of nitrogens with one attached hydrogen (secondary N) is 2. The Morgan fingerprint density at radius 2 is 1.76 bits per heavy atom. The van der Waals surface area contributed by atoms with Crippen LogP contribution in [0, 0.1) is 5.92 Å². The molecule has 0 bridgehead atoms. The number of hydrogen-bond donors (Lipinski definition) is 2. The van der Waals surface area contributed by atoms with Gasteiger partial charge in [0.05, 0.1) is 6.04 Å². The number of carbonyl (C=O) groups excluding carboxylic acids is 3. The van der Waals surface area contributed by atoms with E-state index >= 15 is 0 Å². The summed E-state index contributed by atoms with van der Waals surface area (Å²) in [4.78, 5) is 38.9. The van der Waals surface area contributed by atoms with E-state index in [-0.39, 0.29) is 18.4 Å². The van der Waals surface area contributed by atoms with Crippen molar-refractivity contribution in [3.8, 4) is 0 Å². The van der Waals surface area contributed by atoms with Gasteiger partial charge in [-0.3, -0.25) is 14.5 Å². The van der Waals surface area contributed by atoms with Crippen LogP contribution >= 0.6 is 11.6 Å². The standard InChI is InChI=1S/C22H22ClN3O3/c1-22(16-9-10-16)20(28)26(21(29)25-22)13-18(27)24-19(14-5-3-2-4-6-14)15-7-11-17(23)12-8-15/h2-8,11-12,16,19H,9-10,13H2,1H3,(H,24,27)(H,25,29)/t19-,22-/m1/s1. The van der Waals surface area contributed by atoms with Crippen molar-refractivity contribution in [2.45, 2.75) is 31.3 Å². The minimum atomic E-state index is -0.896. The SMILES string of the molecule is C[C@]1(C2CC2)NC(=O)N(CC(=O)N[C@H](c2ccccc2)c2ccc(Cl)cc2)C1=O. The number of benzene rings is 2. The molecule has 2 aliphatic rings. The Morgan fingerprint density at radius 3 is 2.38 bits per heavy atom. The number of carbonyl (C=O) groups is 3. The van der Waals surface area contributed by atoms with Crippen molar-refractivity contribution in [1.29, 1.82) is 0 Å². The van der Waals surface area contributed by atoms with Crippen molar-refractivity contribution in [3.05, 3.63) is 70.7 Å². The van der Waals surface area contributed by atoms with Gasteiger partial charge in [-0.15, -0.1) is 0 Å². The maximum atomic E-state index is 12.8. The van der Waals surface area contributed by atoms with E-state index in [2.05, 4.69) is 10.6 Å². The average Bonchev–Trinajstić information content (AvgIpc) is 3.54. The second kappa shape index (κ2) is 7.52. The molecule has 7 heteroatoms. The molecule has 150 valence electrons. The van der Waals surface area contributed by atoms with Crippen molar-refractivity contribution in [3.63, 3.8) is 0 Å². The van der Waals surface area contributed by atoms with Crippen LogP contribution in [0.2, 0.25) is 5.02 Å². The molecule has 1 aliphatic heterocycles. The smallest absolute Gasteiger partial charge is 0.325 e. The molecule has 1 heterocycles. The molecule has 2 atom stereocenters. The van der Waals surface area contributed by atoms with Crippen LogP contribution in [0.3, 0.4) is 0 Å². The molecule has 1 saturated carbocycles. The van der Waals surface area contributed by atoms with Crippen LogP contribution in [0.4, 0.5) is 4.79 Å². The zero-order chi connectivity index (χ0) is 20.6. The molecule has 1 saturated heterocycles. The predicted octanol–water partition coefficient (Wildman–Crippen LogP) is 3.27. The molecule has 2 fully saturated rings. The number of nitrogens with zero attached hydrogens (tertiary/aromatic N) is 1. The van der Waals surface area contributed by atoms with Gasteiger partial charge in [0, 0.05) is 5.02 Å². The van der Waals surface area contributed by atoms with E-state index in [9.17, 15) is 14.4 Å². The Morgan fingerprint density at radius 1 is 1.14 bits per heavy atom. The lowest BCUT2D eigenvalue weighted by Gasteiger charge is -2.23. The van der Waals surface area contributed by atoms with Crippen molar-refractivity contribution >= 4 is 29.4 Å². The van der Waals surface area contributed by atoms with Gasteiger partial charge in [0.1, 0.15) is 12.1 Å². The average molecular weight is 412 g/mol. The van der Waals surface area contributed by atoms with Crippen molar-refractivity contribution < 1.29 is 14.4 Å². The molecule has 1 aliphatic carbocycles. The van der Waals surface area contributed by atoms with E-state index in [4.69, 9.17) is 11.6 Å². The normalized spacial score (nSPS) is 22.3. The second-order valence-corrected chi connectivity index (χ2v) is 8.20. The van der Waals surface area contributed by atoms with Crippen LogP contribution in [0.1, 0.15) is 36.9 Å².